The summed E-state index contributed by atoms with van der Waals surface area (Å²) in [6.07, 6.45) is 2.14. The summed E-state index contributed by atoms with van der Waals surface area (Å²) in [5.74, 6) is 0.313. The van der Waals surface area contributed by atoms with Gasteiger partial charge in [-0.25, -0.2) is 4.68 Å². The van der Waals surface area contributed by atoms with E-state index in [0.717, 1.165) is 16.6 Å². The minimum Gasteiger partial charge on any atom is -0.345 e. The van der Waals surface area contributed by atoms with Crippen LogP contribution in [-0.4, -0.2) is 30.5 Å². The number of nitrogens with one attached hydrogen (secondary N) is 1. The monoisotopic (exact) mass is 402 g/mol. The van der Waals surface area contributed by atoms with Crippen LogP contribution in [-0.2, 0) is 24.8 Å². The molecule has 0 saturated carbocycles. The summed E-state index contributed by atoms with van der Waals surface area (Å²) in [6.45, 7) is 1.65. The number of aryl methyl sites for hydroxylation is 1. The number of carbonyl (C=O) groups is 1. The topological polar surface area (TPSA) is 94.7 Å². The second-order valence-corrected chi connectivity index (χ2v) is 7.21. The molecule has 0 spiro atoms. The summed E-state index contributed by atoms with van der Waals surface area (Å²) in [4.78, 5) is 25.6. The molecule has 0 aliphatic rings. The highest BCUT2D eigenvalue weighted by Gasteiger charge is 2.17. The van der Waals surface area contributed by atoms with Gasteiger partial charge in [0.15, 0.2) is 5.82 Å². The van der Waals surface area contributed by atoms with Crippen LogP contribution < -0.4 is 10.9 Å². The maximum Gasteiger partial charge on any atom is 0.275 e. The van der Waals surface area contributed by atoms with Gasteiger partial charge in [0.1, 0.15) is 12.9 Å². The Labute approximate surface area is 173 Å². The Morgan fingerprint density at radius 3 is 2.47 bits per heavy atom. The Bertz CT molecular complexity index is 1250. The molecular formula is C22H22N6O2. The minimum absolute atomic E-state index is 0.173. The van der Waals surface area contributed by atoms with E-state index >= 15 is 0 Å². The van der Waals surface area contributed by atoms with Crippen LogP contribution in [0.4, 0.5) is 0 Å². The first-order chi connectivity index (χ1) is 14.5. The van der Waals surface area contributed by atoms with Gasteiger partial charge in [-0.3, -0.25) is 9.59 Å². The molecule has 0 bridgehead atoms. The quantitative estimate of drug-likeness (QED) is 0.532. The Morgan fingerprint density at radius 2 is 1.77 bits per heavy atom. The van der Waals surface area contributed by atoms with Gasteiger partial charge in [-0.15, -0.1) is 10.2 Å². The van der Waals surface area contributed by atoms with E-state index in [-0.39, 0.29) is 24.1 Å². The van der Waals surface area contributed by atoms with Crippen LogP contribution in [0.1, 0.15) is 30.0 Å². The van der Waals surface area contributed by atoms with Gasteiger partial charge in [-0.1, -0.05) is 48.5 Å². The second kappa shape index (κ2) is 8.28. The fraction of sp³-hybridized carbons (Fsp3) is 0.227. The lowest BCUT2D eigenvalue weighted by atomic mass is 10.0. The van der Waals surface area contributed by atoms with Crippen LogP contribution in [0.15, 0.2) is 65.7 Å². The van der Waals surface area contributed by atoms with Crippen molar-refractivity contribution in [3.63, 3.8) is 0 Å². The van der Waals surface area contributed by atoms with Gasteiger partial charge in [0.25, 0.3) is 5.56 Å². The van der Waals surface area contributed by atoms with Crippen LogP contribution >= 0.6 is 0 Å². The smallest absolute Gasteiger partial charge is 0.275 e. The van der Waals surface area contributed by atoms with Gasteiger partial charge in [0.2, 0.25) is 5.91 Å². The molecule has 30 heavy (non-hydrogen) atoms. The molecule has 1 unspecified atom stereocenters. The predicted molar refractivity (Wildman–Crippen MR) is 113 cm³/mol. The molecule has 8 nitrogen and oxygen atoms in total. The van der Waals surface area contributed by atoms with E-state index < -0.39 is 0 Å². The highest BCUT2D eigenvalue weighted by atomic mass is 16.2. The second-order valence-electron chi connectivity index (χ2n) is 7.21. The lowest BCUT2D eigenvalue weighted by molar-refractivity contribution is -0.122. The average Bonchev–Trinajstić information content (AvgIpc) is 3.18. The number of nitrogens with zero attached hydrogens (tertiary/aromatic N) is 5. The summed E-state index contributed by atoms with van der Waals surface area (Å²) in [5, 5.41) is 16.6. The highest BCUT2D eigenvalue weighted by Crippen LogP contribution is 2.17. The Kier molecular flexibility index (Phi) is 5.38. The Morgan fingerprint density at radius 1 is 1.07 bits per heavy atom. The SMILES string of the molecule is CC(NC(=O)Cn1nc(Cc2ccccc2)c2ccccc2c1=O)c1nncn1C. The van der Waals surface area contributed by atoms with Crippen molar-refractivity contribution in [3.8, 4) is 0 Å². The minimum atomic E-state index is -0.343. The van der Waals surface area contributed by atoms with E-state index in [1.54, 1.807) is 17.0 Å². The number of carbonyl (C=O) groups excluding carboxylic acids is 1. The normalized spacial score (nSPS) is 12.1. The van der Waals surface area contributed by atoms with Crippen molar-refractivity contribution in [2.24, 2.45) is 7.05 Å². The van der Waals surface area contributed by atoms with E-state index in [1.807, 2.05) is 62.5 Å². The number of fused-ring (bicyclic) bond motifs is 1. The Balaban J connectivity index is 1.63. The van der Waals surface area contributed by atoms with E-state index in [4.69, 9.17) is 0 Å². The van der Waals surface area contributed by atoms with Crippen molar-refractivity contribution in [2.45, 2.75) is 25.9 Å². The summed E-state index contributed by atoms with van der Waals surface area (Å²) >= 11 is 0. The fourth-order valence-corrected chi connectivity index (χ4v) is 3.50. The molecule has 1 N–H and O–H groups in total. The maximum atomic E-state index is 12.9. The van der Waals surface area contributed by atoms with Gasteiger partial charge in [-0.05, 0) is 18.6 Å². The third-order valence-corrected chi connectivity index (χ3v) is 4.96. The van der Waals surface area contributed by atoms with Crippen molar-refractivity contribution >= 4 is 16.7 Å². The van der Waals surface area contributed by atoms with E-state index in [0.29, 0.717) is 17.6 Å². The van der Waals surface area contributed by atoms with Crippen LogP contribution in [0, 0.1) is 0 Å². The molecule has 2 aromatic heterocycles. The molecule has 2 heterocycles. The molecule has 152 valence electrons. The maximum absolute atomic E-state index is 12.9. The van der Waals surface area contributed by atoms with Crippen LogP contribution in [0.2, 0.25) is 0 Å². The van der Waals surface area contributed by atoms with Gasteiger partial charge in [0.05, 0.1) is 17.1 Å². The van der Waals surface area contributed by atoms with Crippen molar-refractivity contribution < 1.29 is 4.79 Å². The van der Waals surface area contributed by atoms with Crippen LogP contribution in [0.5, 0.6) is 0 Å². The molecule has 0 saturated heterocycles. The van der Waals surface area contributed by atoms with Crippen molar-refractivity contribution in [1.82, 2.24) is 29.9 Å². The standard InChI is InChI=1S/C22H22N6O2/c1-15(21-25-23-14-27(21)2)24-20(29)13-28-22(30)18-11-7-6-10-17(18)19(26-28)12-16-8-4-3-5-9-16/h3-11,14-15H,12-13H2,1-2H3,(H,24,29). The molecule has 0 aliphatic heterocycles. The van der Waals surface area contributed by atoms with Gasteiger partial charge in [0, 0.05) is 18.9 Å². The van der Waals surface area contributed by atoms with Crippen molar-refractivity contribution in [3.05, 3.63) is 88.4 Å². The summed E-state index contributed by atoms with van der Waals surface area (Å²) in [5.41, 5.74) is 1.55. The zero-order chi connectivity index (χ0) is 21.1. The molecule has 8 heteroatoms. The molecule has 1 atom stereocenters. The molecule has 4 rings (SSSR count). The lowest BCUT2D eigenvalue weighted by Crippen LogP contribution is -2.36. The van der Waals surface area contributed by atoms with Crippen LogP contribution in [0.3, 0.4) is 0 Å². The molecule has 0 fully saturated rings. The van der Waals surface area contributed by atoms with Gasteiger partial charge in [-0.2, -0.15) is 5.10 Å². The average molecular weight is 402 g/mol. The first-order valence-corrected chi connectivity index (χ1v) is 9.69. The lowest BCUT2D eigenvalue weighted by Gasteiger charge is -2.14. The van der Waals surface area contributed by atoms with Crippen LogP contribution in [0.25, 0.3) is 10.8 Å². The summed E-state index contributed by atoms with van der Waals surface area (Å²) in [7, 11) is 1.81. The fourth-order valence-electron chi connectivity index (χ4n) is 3.50. The predicted octanol–water partition coefficient (Wildman–Crippen LogP) is 1.99. The van der Waals surface area contributed by atoms with E-state index in [9.17, 15) is 9.59 Å². The molecular weight excluding hydrogens is 380 g/mol. The number of rotatable bonds is 6. The number of benzene rings is 2. The van der Waals surface area contributed by atoms with E-state index in [1.165, 1.54) is 4.68 Å². The molecule has 1 amide bonds. The first-order valence-electron chi connectivity index (χ1n) is 9.69. The summed E-state index contributed by atoms with van der Waals surface area (Å²) < 4.78 is 2.97. The number of amides is 1. The van der Waals surface area contributed by atoms with Gasteiger partial charge < -0.3 is 9.88 Å². The number of hydrogen-bond acceptors (Lipinski definition) is 5. The first kappa shape index (κ1) is 19.5. The largest absolute Gasteiger partial charge is 0.345 e. The number of aromatic nitrogens is 5. The third kappa shape index (κ3) is 3.98. The molecule has 4 aromatic rings. The summed E-state index contributed by atoms with van der Waals surface area (Å²) in [6, 6.07) is 16.9. The highest BCUT2D eigenvalue weighted by molar-refractivity contribution is 5.84. The van der Waals surface area contributed by atoms with Gasteiger partial charge >= 0.3 is 0 Å². The van der Waals surface area contributed by atoms with Crippen molar-refractivity contribution in [2.75, 3.05) is 0 Å². The Hall–Kier alpha value is -3.81. The van der Waals surface area contributed by atoms with Crippen molar-refractivity contribution in [1.29, 1.82) is 0 Å². The zero-order valence-corrected chi connectivity index (χ0v) is 16.8. The molecule has 0 radical (unpaired) electrons. The number of hydrogen-bond donors (Lipinski definition) is 1. The molecule has 2 aromatic carbocycles. The third-order valence-electron chi connectivity index (χ3n) is 4.96. The van der Waals surface area contributed by atoms with E-state index in [2.05, 4.69) is 20.6 Å². The zero-order valence-electron chi connectivity index (χ0n) is 16.8. The molecule has 0 aliphatic carbocycles.